The number of aliphatic imine (C=N–C) groups is 1. The lowest BCUT2D eigenvalue weighted by Gasteiger charge is -2.35. The molecule has 1 aliphatic heterocycles. The first-order valence-corrected chi connectivity index (χ1v) is 13.0. The molecule has 2 fully saturated rings. The standard InChI is InChI=1S/C29H30N2O2S/c1-3-33-26-18-17-21-12-8-9-15-23(21)24(26)19-27-28(32)31(25-16-10-7-11-20(25)2)29(34-27)30-22-13-5-4-6-14-22/h4-6,8-9,12-15,17-20,25H,3,7,10-11,16H2,1-2H3/b27-19-,30-29?/t20-,25+/m0/s1. The number of amides is 1. The predicted molar refractivity (Wildman–Crippen MR) is 142 cm³/mol. The van der Waals surface area contributed by atoms with Crippen molar-refractivity contribution in [3.8, 4) is 5.75 Å². The third-order valence-corrected chi connectivity index (χ3v) is 7.70. The average molecular weight is 471 g/mol. The number of para-hydroxylation sites is 1. The molecule has 1 aliphatic carbocycles. The van der Waals surface area contributed by atoms with E-state index < -0.39 is 0 Å². The Hall–Kier alpha value is -3.05. The summed E-state index contributed by atoms with van der Waals surface area (Å²) >= 11 is 1.48. The molecule has 1 saturated carbocycles. The van der Waals surface area contributed by atoms with Crippen LogP contribution in [0.15, 0.2) is 76.6 Å². The number of ether oxygens (including phenoxy) is 1. The molecular weight excluding hydrogens is 440 g/mol. The summed E-state index contributed by atoms with van der Waals surface area (Å²) in [7, 11) is 0. The highest BCUT2D eigenvalue weighted by Gasteiger charge is 2.41. The molecular formula is C29H30N2O2S. The van der Waals surface area contributed by atoms with Crippen molar-refractivity contribution in [2.45, 2.75) is 45.6 Å². The molecule has 3 aromatic rings. The minimum absolute atomic E-state index is 0.0498. The zero-order valence-electron chi connectivity index (χ0n) is 19.7. The van der Waals surface area contributed by atoms with Crippen LogP contribution in [0.2, 0.25) is 0 Å². The number of benzene rings is 3. The smallest absolute Gasteiger partial charge is 0.267 e. The number of carbonyl (C=O) groups is 1. The van der Waals surface area contributed by atoms with Gasteiger partial charge in [-0.1, -0.05) is 68.3 Å². The molecule has 2 aliphatic rings. The Morgan fingerprint density at radius 2 is 1.79 bits per heavy atom. The molecule has 174 valence electrons. The minimum Gasteiger partial charge on any atom is -0.493 e. The molecule has 5 rings (SSSR count). The molecule has 2 atom stereocenters. The topological polar surface area (TPSA) is 41.9 Å². The Balaban J connectivity index is 1.61. The summed E-state index contributed by atoms with van der Waals surface area (Å²) in [6.45, 7) is 4.82. The third kappa shape index (κ3) is 4.49. The van der Waals surface area contributed by atoms with E-state index in [2.05, 4.69) is 25.1 Å². The molecule has 0 aromatic heterocycles. The van der Waals surface area contributed by atoms with E-state index in [0.29, 0.717) is 17.4 Å². The molecule has 34 heavy (non-hydrogen) atoms. The van der Waals surface area contributed by atoms with Crippen molar-refractivity contribution in [2.75, 3.05) is 6.61 Å². The van der Waals surface area contributed by atoms with Crippen LogP contribution >= 0.6 is 11.8 Å². The molecule has 0 spiro atoms. The summed E-state index contributed by atoms with van der Waals surface area (Å²) in [6.07, 6.45) is 6.56. The molecule has 5 heteroatoms. The lowest BCUT2D eigenvalue weighted by atomic mass is 9.85. The van der Waals surface area contributed by atoms with Gasteiger partial charge in [0.2, 0.25) is 0 Å². The van der Waals surface area contributed by atoms with Gasteiger partial charge in [0.1, 0.15) is 5.75 Å². The summed E-state index contributed by atoms with van der Waals surface area (Å²) in [5, 5.41) is 2.99. The molecule has 0 unspecified atom stereocenters. The fourth-order valence-electron chi connectivity index (χ4n) is 4.99. The number of nitrogens with zero attached hydrogens (tertiary/aromatic N) is 2. The number of hydrogen-bond acceptors (Lipinski definition) is 4. The van der Waals surface area contributed by atoms with Crippen LogP contribution in [0.1, 0.15) is 45.1 Å². The fourth-order valence-corrected chi connectivity index (χ4v) is 6.01. The van der Waals surface area contributed by atoms with E-state index in [1.807, 2.05) is 66.4 Å². The molecule has 4 nitrogen and oxygen atoms in total. The maximum absolute atomic E-state index is 13.9. The van der Waals surface area contributed by atoms with Crippen molar-refractivity contribution in [2.24, 2.45) is 10.9 Å². The number of thioether (sulfide) groups is 1. The lowest BCUT2D eigenvalue weighted by Crippen LogP contribution is -2.44. The monoisotopic (exact) mass is 470 g/mol. The van der Waals surface area contributed by atoms with Gasteiger partial charge in [0.15, 0.2) is 5.17 Å². The third-order valence-electron chi connectivity index (χ3n) is 6.72. The van der Waals surface area contributed by atoms with Crippen LogP contribution < -0.4 is 4.74 Å². The van der Waals surface area contributed by atoms with Gasteiger partial charge in [-0.2, -0.15) is 0 Å². The van der Waals surface area contributed by atoms with E-state index in [4.69, 9.17) is 9.73 Å². The van der Waals surface area contributed by atoms with Crippen LogP contribution in [0.3, 0.4) is 0 Å². The van der Waals surface area contributed by atoms with Crippen molar-refractivity contribution in [1.82, 2.24) is 4.90 Å². The Labute approximate surface area is 205 Å². The summed E-state index contributed by atoms with van der Waals surface area (Å²) in [5.74, 6) is 1.30. The summed E-state index contributed by atoms with van der Waals surface area (Å²) in [4.78, 5) is 21.5. The first-order valence-electron chi connectivity index (χ1n) is 12.2. The summed E-state index contributed by atoms with van der Waals surface area (Å²) < 4.78 is 5.96. The summed E-state index contributed by atoms with van der Waals surface area (Å²) in [5.41, 5.74) is 1.82. The van der Waals surface area contributed by atoms with Crippen molar-refractivity contribution < 1.29 is 9.53 Å². The molecule has 1 heterocycles. The van der Waals surface area contributed by atoms with E-state index >= 15 is 0 Å². The van der Waals surface area contributed by atoms with Crippen LogP contribution in [0.4, 0.5) is 5.69 Å². The number of amidine groups is 1. The highest BCUT2D eigenvalue weighted by Crippen LogP contribution is 2.41. The normalized spacial score (nSPS) is 23.2. The van der Waals surface area contributed by atoms with Crippen molar-refractivity contribution in [3.63, 3.8) is 0 Å². The van der Waals surface area contributed by atoms with Gasteiger partial charge in [-0.05, 0) is 72.5 Å². The Bertz CT molecular complexity index is 1250. The van der Waals surface area contributed by atoms with Gasteiger partial charge in [-0.25, -0.2) is 4.99 Å². The average Bonchev–Trinajstić information content (AvgIpc) is 3.16. The lowest BCUT2D eigenvalue weighted by molar-refractivity contribution is -0.124. The highest BCUT2D eigenvalue weighted by molar-refractivity contribution is 8.18. The second kappa shape index (κ2) is 10.1. The zero-order valence-corrected chi connectivity index (χ0v) is 20.6. The van der Waals surface area contributed by atoms with E-state index in [9.17, 15) is 4.79 Å². The largest absolute Gasteiger partial charge is 0.493 e. The van der Waals surface area contributed by atoms with Gasteiger partial charge in [0, 0.05) is 11.6 Å². The zero-order chi connectivity index (χ0) is 23.5. The Kier molecular flexibility index (Phi) is 6.73. The molecule has 3 aromatic carbocycles. The van der Waals surface area contributed by atoms with Gasteiger partial charge >= 0.3 is 0 Å². The van der Waals surface area contributed by atoms with Gasteiger partial charge in [-0.15, -0.1) is 0 Å². The van der Waals surface area contributed by atoms with E-state index in [-0.39, 0.29) is 11.9 Å². The Morgan fingerprint density at radius 3 is 2.59 bits per heavy atom. The highest BCUT2D eigenvalue weighted by atomic mass is 32.2. The molecule has 0 bridgehead atoms. The summed E-state index contributed by atoms with van der Waals surface area (Å²) in [6, 6.07) is 22.4. The predicted octanol–water partition coefficient (Wildman–Crippen LogP) is 7.42. The van der Waals surface area contributed by atoms with Gasteiger partial charge in [0.05, 0.1) is 17.2 Å². The van der Waals surface area contributed by atoms with Crippen LogP contribution in [-0.2, 0) is 4.79 Å². The molecule has 0 radical (unpaired) electrons. The number of fused-ring (bicyclic) bond motifs is 1. The fraction of sp³-hybridized carbons (Fsp3) is 0.310. The van der Waals surface area contributed by atoms with Crippen molar-refractivity contribution >= 4 is 45.4 Å². The van der Waals surface area contributed by atoms with Crippen LogP contribution in [0.25, 0.3) is 16.8 Å². The first-order chi connectivity index (χ1) is 16.7. The molecule has 1 amide bonds. The van der Waals surface area contributed by atoms with E-state index in [0.717, 1.165) is 52.2 Å². The van der Waals surface area contributed by atoms with Gasteiger partial charge in [0.25, 0.3) is 5.91 Å². The first kappa shape index (κ1) is 22.7. The Morgan fingerprint density at radius 1 is 1.03 bits per heavy atom. The number of rotatable bonds is 5. The van der Waals surface area contributed by atoms with Crippen molar-refractivity contribution in [1.29, 1.82) is 0 Å². The quantitative estimate of drug-likeness (QED) is 0.364. The van der Waals surface area contributed by atoms with Crippen LogP contribution in [0.5, 0.6) is 5.75 Å². The molecule has 0 N–H and O–H groups in total. The van der Waals surface area contributed by atoms with E-state index in [1.165, 1.54) is 18.2 Å². The van der Waals surface area contributed by atoms with Crippen molar-refractivity contribution in [3.05, 3.63) is 77.2 Å². The van der Waals surface area contributed by atoms with Gasteiger partial charge in [-0.3, -0.25) is 9.69 Å². The van der Waals surface area contributed by atoms with Crippen LogP contribution in [0, 0.1) is 5.92 Å². The maximum Gasteiger partial charge on any atom is 0.267 e. The maximum atomic E-state index is 13.9. The van der Waals surface area contributed by atoms with Crippen LogP contribution in [-0.4, -0.2) is 28.6 Å². The minimum atomic E-state index is 0.0498. The molecule has 1 saturated heterocycles. The second-order valence-corrected chi connectivity index (χ2v) is 9.99. The SMILES string of the molecule is CCOc1ccc2ccccc2c1/C=C1\SC(=Nc2ccccc2)N([C@@H]2CCCC[C@@H]2C)C1=O. The van der Waals surface area contributed by atoms with Gasteiger partial charge < -0.3 is 4.74 Å². The number of hydrogen-bond donors (Lipinski definition) is 0. The second-order valence-electron chi connectivity index (χ2n) is 8.98. The van der Waals surface area contributed by atoms with E-state index in [1.54, 1.807) is 0 Å². The number of carbonyl (C=O) groups excluding carboxylic acids is 1.